The average Bonchev–Trinajstić information content (AvgIpc) is 2.48. The number of carbonyl (C=O) groups is 2. The summed E-state index contributed by atoms with van der Waals surface area (Å²) in [4.78, 5) is 31.9. The minimum atomic E-state index is -1.11. The van der Waals surface area contributed by atoms with Crippen molar-refractivity contribution in [2.45, 2.75) is 6.61 Å². The second kappa shape index (κ2) is 6.49. The highest BCUT2D eigenvalue weighted by atomic mass is 17.2. The van der Waals surface area contributed by atoms with E-state index in [1.54, 1.807) is 0 Å². The molecule has 0 unspecified atom stereocenters. The van der Waals surface area contributed by atoms with Crippen LogP contribution in [-0.2, 0) is 16.4 Å². The van der Waals surface area contributed by atoms with Gasteiger partial charge >= 0.3 is 11.9 Å². The van der Waals surface area contributed by atoms with Crippen LogP contribution in [0.25, 0.3) is 0 Å². The molecule has 0 aliphatic rings. The van der Waals surface area contributed by atoms with Crippen molar-refractivity contribution in [3.05, 3.63) is 71.3 Å². The van der Waals surface area contributed by atoms with Gasteiger partial charge in [-0.05, 0) is 23.8 Å². The van der Waals surface area contributed by atoms with E-state index in [2.05, 4.69) is 4.89 Å². The van der Waals surface area contributed by atoms with Gasteiger partial charge in [-0.15, -0.1) is 0 Å². The van der Waals surface area contributed by atoms with E-state index in [-0.39, 0.29) is 17.7 Å². The first-order valence-electron chi connectivity index (χ1n) is 5.88. The standard InChI is InChI=1S/C15H12O5/c16-14(17)12-7-4-8-13(9-12)15(18)20-19-10-11-5-2-1-3-6-11/h1-9H,10H2,(H,16,17). The van der Waals surface area contributed by atoms with Crippen LogP contribution in [0.4, 0.5) is 0 Å². The van der Waals surface area contributed by atoms with Crippen LogP contribution in [0, 0.1) is 0 Å². The van der Waals surface area contributed by atoms with Crippen molar-refractivity contribution in [1.82, 2.24) is 0 Å². The largest absolute Gasteiger partial charge is 0.478 e. The van der Waals surface area contributed by atoms with Crippen molar-refractivity contribution in [2.75, 3.05) is 0 Å². The van der Waals surface area contributed by atoms with Gasteiger partial charge in [-0.3, -0.25) is 4.89 Å². The molecule has 5 nitrogen and oxygen atoms in total. The number of rotatable bonds is 5. The fourth-order valence-electron chi connectivity index (χ4n) is 1.55. The molecule has 0 saturated carbocycles. The SMILES string of the molecule is O=C(O)c1cccc(C(=O)OOCc2ccccc2)c1. The molecular formula is C15H12O5. The molecule has 2 aromatic rings. The van der Waals surface area contributed by atoms with Gasteiger partial charge in [0.25, 0.3) is 0 Å². The number of hydrogen-bond acceptors (Lipinski definition) is 4. The van der Waals surface area contributed by atoms with Crippen molar-refractivity contribution >= 4 is 11.9 Å². The number of hydrogen-bond donors (Lipinski definition) is 1. The molecule has 0 radical (unpaired) electrons. The van der Waals surface area contributed by atoms with Gasteiger partial charge in [0.1, 0.15) is 6.61 Å². The summed E-state index contributed by atoms with van der Waals surface area (Å²) in [6, 6.07) is 14.8. The van der Waals surface area contributed by atoms with E-state index in [1.807, 2.05) is 30.3 Å². The number of benzene rings is 2. The van der Waals surface area contributed by atoms with Gasteiger partial charge in [0.15, 0.2) is 0 Å². The molecule has 0 amide bonds. The van der Waals surface area contributed by atoms with Gasteiger partial charge in [0.05, 0.1) is 11.1 Å². The fraction of sp³-hybridized carbons (Fsp3) is 0.0667. The van der Waals surface area contributed by atoms with Crippen LogP contribution >= 0.6 is 0 Å². The van der Waals surface area contributed by atoms with Gasteiger partial charge in [-0.25, -0.2) is 9.59 Å². The molecule has 0 bridgehead atoms. The summed E-state index contributed by atoms with van der Waals surface area (Å²) in [5, 5.41) is 8.83. The van der Waals surface area contributed by atoms with Crippen LogP contribution in [0.3, 0.4) is 0 Å². The molecule has 2 rings (SSSR count). The summed E-state index contributed by atoms with van der Waals surface area (Å²) in [5.74, 6) is -1.84. The van der Waals surface area contributed by atoms with E-state index < -0.39 is 11.9 Å². The van der Waals surface area contributed by atoms with Crippen molar-refractivity contribution in [3.8, 4) is 0 Å². The molecule has 0 fully saturated rings. The minimum absolute atomic E-state index is 0.0162. The van der Waals surface area contributed by atoms with Gasteiger partial charge in [-0.2, -0.15) is 4.89 Å². The summed E-state index contributed by atoms with van der Waals surface area (Å²) in [7, 11) is 0. The molecular weight excluding hydrogens is 260 g/mol. The first-order chi connectivity index (χ1) is 9.66. The molecule has 0 aliphatic heterocycles. The molecule has 0 aliphatic carbocycles. The van der Waals surface area contributed by atoms with E-state index in [4.69, 9.17) is 9.99 Å². The maximum absolute atomic E-state index is 11.7. The number of aromatic carboxylic acids is 1. The maximum Gasteiger partial charge on any atom is 0.373 e. The Morgan fingerprint density at radius 1 is 0.950 bits per heavy atom. The summed E-state index contributed by atoms with van der Waals surface area (Å²) in [6.07, 6.45) is 0. The van der Waals surface area contributed by atoms with E-state index in [1.165, 1.54) is 24.3 Å². The summed E-state index contributed by atoms with van der Waals surface area (Å²) < 4.78 is 0. The maximum atomic E-state index is 11.7. The third kappa shape index (κ3) is 3.66. The average molecular weight is 272 g/mol. The van der Waals surface area contributed by atoms with Crippen LogP contribution in [0.1, 0.15) is 26.3 Å². The highest BCUT2D eigenvalue weighted by molar-refractivity contribution is 5.94. The molecule has 0 saturated heterocycles. The predicted molar refractivity (Wildman–Crippen MR) is 70.0 cm³/mol. The Kier molecular flexibility index (Phi) is 4.47. The van der Waals surface area contributed by atoms with Crippen LogP contribution in [0.15, 0.2) is 54.6 Å². The Morgan fingerprint density at radius 2 is 1.65 bits per heavy atom. The zero-order valence-corrected chi connectivity index (χ0v) is 10.5. The van der Waals surface area contributed by atoms with Gasteiger partial charge in [0.2, 0.25) is 0 Å². The first kappa shape index (κ1) is 13.8. The zero-order chi connectivity index (χ0) is 14.4. The number of carboxylic acid groups (broad SMARTS) is 1. The molecule has 0 heterocycles. The number of carbonyl (C=O) groups excluding carboxylic acids is 1. The second-order valence-corrected chi connectivity index (χ2v) is 4.00. The Bertz CT molecular complexity index is 607. The molecule has 1 N–H and O–H groups in total. The lowest BCUT2D eigenvalue weighted by molar-refractivity contribution is -0.250. The fourth-order valence-corrected chi connectivity index (χ4v) is 1.55. The molecule has 20 heavy (non-hydrogen) atoms. The van der Waals surface area contributed by atoms with Crippen molar-refractivity contribution in [1.29, 1.82) is 0 Å². The van der Waals surface area contributed by atoms with E-state index in [0.717, 1.165) is 5.56 Å². The molecule has 0 spiro atoms. The molecule has 5 heteroatoms. The summed E-state index contributed by atoms with van der Waals surface area (Å²) >= 11 is 0. The van der Waals surface area contributed by atoms with Gasteiger partial charge in [-0.1, -0.05) is 36.4 Å². The number of carboxylic acids is 1. The first-order valence-corrected chi connectivity index (χ1v) is 5.88. The lowest BCUT2D eigenvalue weighted by atomic mass is 10.1. The highest BCUT2D eigenvalue weighted by Crippen LogP contribution is 2.08. The highest BCUT2D eigenvalue weighted by Gasteiger charge is 2.11. The van der Waals surface area contributed by atoms with Crippen molar-refractivity contribution in [3.63, 3.8) is 0 Å². The lowest BCUT2D eigenvalue weighted by Gasteiger charge is -2.04. The Hall–Kier alpha value is -2.66. The second-order valence-electron chi connectivity index (χ2n) is 4.00. The summed E-state index contributed by atoms with van der Waals surface area (Å²) in [6.45, 7) is 0.130. The van der Waals surface area contributed by atoms with E-state index in [0.29, 0.717) is 0 Å². The van der Waals surface area contributed by atoms with Crippen LogP contribution in [0.5, 0.6) is 0 Å². The monoisotopic (exact) mass is 272 g/mol. The van der Waals surface area contributed by atoms with E-state index >= 15 is 0 Å². The van der Waals surface area contributed by atoms with Gasteiger partial charge in [0, 0.05) is 0 Å². The normalized spacial score (nSPS) is 10.0. The van der Waals surface area contributed by atoms with E-state index in [9.17, 15) is 9.59 Å². The Balaban J connectivity index is 1.92. The third-order valence-corrected chi connectivity index (χ3v) is 2.55. The van der Waals surface area contributed by atoms with Crippen LogP contribution in [0.2, 0.25) is 0 Å². The molecule has 102 valence electrons. The van der Waals surface area contributed by atoms with Crippen LogP contribution in [-0.4, -0.2) is 17.0 Å². The Morgan fingerprint density at radius 3 is 2.35 bits per heavy atom. The van der Waals surface area contributed by atoms with Gasteiger partial charge < -0.3 is 5.11 Å². The lowest BCUT2D eigenvalue weighted by Crippen LogP contribution is -2.07. The minimum Gasteiger partial charge on any atom is -0.478 e. The van der Waals surface area contributed by atoms with Crippen molar-refractivity contribution in [2.24, 2.45) is 0 Å². The zero-order valence-electron chi connectivity index (χ0n) is 10.5. The molecule has 0 aromatic heterocycles. The topological polar surface area (TPSA) is 72.8 Å². The smallest absolute Gasteiger partial charge is 0.373 e. The molecule has 0 atom stereocenters. The molecule has 2 aromatic carbocycles. The predicted octanol–water partition coefficient (Wildman–Crippen LogP) is 2.67. The quantitative estimate of drug-likeness (QED) is 0.669. The van der Waals surface area contributed by atoms with Crippen molar-refractivity contribution < 1.29 is 24.5 Å². The third-order valence-electron chi connectivity index (χ3n) is 2.55. The summed E-state index contributed by atoms with van der Waals surface area (Å²) in [5.41, 5.74) is 1.00. The van der Waals surface area contributed by atoms with Crippen LogP contribution < -0.4 is 0 Å². The Labute approximate surface area is 115 Å².